The standard InChI is InChI=1S/C20H14ClF4N3O3/c21-14-7-6-13(8-12(14)10-30-15-9-19(22,23)20(15,24)25)27-28-16-18(29)31-17(26-16)11-4-2-1-3-5-11/h1-8,15,29H,9-10H2. The number of hydrogen-bond donors (Lipinski definition) is 1. The first-order valence-electron chi connectivity index (χ1n) is 9.00. The zero-order valence-electron chi connectivity index (χ0n) is 15.6. The van der Waals surface area contributed by atoms with Gasteiger partial charge >= 0.3 is 17.8 Å². The maximum atomic E-state index is 13.4. The Kier molecular flexibility index (Phi) is 5.44. The van der Waals surface area contributed by atoms with E-state index in [1.807, 2.05) is 6.07 Å². The van der Waals surface area contributed by atoms with Gasteiger partial charge in [0.15, 0.2) is 0 Å². The molecule has 1 N–H and O–H groups in total. The molecule has 2 aromatic carbocycles. The predicted octanol–water partition coefficient (Wildman–Crippen LogP) is 6.68. The molecule has 0 aliphatic heterocycles. The normalized spacial score (nSPS) is 19.5. The van der Waals surface area contributed by atoms with Crippen LogP contribution in [0.1, 0.15) is 12.0 Å². The molecule has 11 heteroatoms. The number of benzene rings is 2. The summed E-state index contributed by atoms with van der Waals surface area (Å²) in [6.45, 7) is -0.411. The van der Waals surface area contributed by atoms with Crippen molar-refractivity contribution in [2.24, 2.45) is 10.2 Å². The summed E-state index contributed by atoms with van der Waals surface area (Å²) in [6.07, 6.45) is -2.96. The van der Waals surface area contributed by atoms with E-state index in [1.54, 1.807) is 24.3 Å². The van der Waals surface area contributed by atoms with Gasteiger partial charge in [-0.25, -0.2) is 0 Å². The van der Waals surface area contributed by atoms with Crippen molar-refractivity contribution in [1.29, 1.82) is 0 Å². The number of aromatic nitrogens is 1. The maximum Gasteiger partial charge on any atom is 0.335 e. The smallest absolute Gasteiger partial charge is 0.335 e. The maximum absolute atomic E-state index is 13.4. The van der Waals surface area contributed by atoms with E-state index in [0.29, 0.717) is 5.56 Å². The molecule has 1 saturated carbocycles. The van der Waals surface area contributed by atoms with Gasteiger partial charge in [-0.3, -0.25) is 0 Å². The molecule has 1 fully saturated rings. The van der Waals surface area contributed by atoms with Gasteiger partial charge < -0.3 is 14.3 Å². The first-order valence-corrected chi connectivity index (χ1v) is 9.38. The topological polar surface area (TPSA) is 80.2 Å². The van der Waals surface area contributed by atoms with Crippen LogP contribution in [0.25, 0.3) is 11.5 Å². The summed E-state index contributed by atoms with van der Waals surface area (Å²) in [7, 11) is 0. The van der Waals surface area contributed by atoms with Gasteiger partial charge in [-0.1, -0.05) is 29.8 Å². The molecule has 1 aromatic heterocycles. The van der Waals surface area contributed by atoms with Crippen molar-refractivity contribution in [2.45, 2.75) is 31.0 Å². The molecule has 162 valence electrons. The zero-order chi connectivity index (χ0) is 22.2. The number of ether oxygens (including phenoxy) is 1. The number of aromatic hydroxyl groups is 1. The predicted molar refractivity (Wildman–Crippen MR) is 102 cm³/mol. The number of rotatable bonds is 6. The number of halogens is 5. The Labute approximate surface area is 178 Å². The average molecular weight is 456 g/mol. The van der Waals surface area contributed by atoms with Crippen LogP contribution in [-0.4, -0.2) is 28.0 Å². The van der Waals surface area contributed by atoms with E-state index in [9.17, 15) is 22.7 Å². The van der Waals surface area contributed by atoms with E-state index in [4.69, 9.17) is 20.8 Å². The second-order valence-corrected chi connectivity index (χ2v) is 7.23. The van der Waals surface area contributed by atoms with Gasteiger partial charge in [0, 0.05) is 10.6 Å². The number of alkyl halides is 4. The summed E-state index contributed by atoms with van der Waals surface area (Å²) in [5.74, 6) is -8.85. The molecule has 0 spiro atoms. The lowest BCUT2D eigenvalue weighted by atomic mass is 9.85. The van der Waals surface area contributed by atoms with E-state index in [0.717, 1.165) is 0 Å². The van der Waals surface area contributed by atoms with Gasteiger partial charge in [0.25, 0.3) is 5.82 Å². The number of nitrogens with zero attached hydrogens (tertiary/aromatic N) is 3. The Morgan fingerprint density at radius 1 is 1.13 bits per heavy atom. The molecule has 1 unspecified atom stereocenters. The van der Waals surface area contributed by atoms with Crippen molar-refractivity contribution in [2.75, 3.05) is 0 Å². The average Bonchev–Trinajstić information content (AvgIpc) is 3.12. The van der Waals surface area contributed by atoms with Gasteiger partial charge in [-0.05, 0) is 35.9 Å². The van der Waals surface area contributed by atoms with Crippen molar-refractivity contribution in [3.8, 4) is 17.4 Å². The SMILES string of the molecule is Oc1oc(-c2ccccc2)nc1N=Nc1ccc(Cl)c(COC2CC(F)(F)C2(F)F)c1. The molecule has 31 heavy (non-hydrogen) atoms. The highest BCUT2D eigenvalue weighted by Crippen LogP contribution is 2.52. The number of oxazole rings is 1. The molecule has 1 heterocycles. The quantitative estimate of drug-likeness (QED) is 0.332. The van der Waals surface area contributed by atoms with Gasteiger partial charge in [0.05, 0.1) is 18.7 Å². The summed E-state index contributed by atoms with van der Waals surface area (Å²) in [5.41, 5.74) is 1.14. The fourth-order valence-corrected chi connectivity index (χ4v) is 3.04. The summed E-state index contributed by atoms with van der Waals surface area (Å²) >= 11 is 6.03. The molecule has 1 aliphatic carbocycles. The lowest BCUT2D eigenvalue weighted by molar-refractivity contribution is -0.342. The summed E-state index contributed by atoms with van der Waals surface area (Å²) in [6, 6.07) is 13.1. The van der Waals surface area contributed by atoms with Crippen LogP contribution < -0.4 is 0 Å². The number of hydrogen-bond acceptors (Lipinski definition) is 6. The largest absolute Gasteiger partial charge is 0.478 e. The lowest BCUT2D eigenvalue weighted by Crippen LogP contribution is -2.63. The Morgan fingerprint density at radius 3 is 2.55 bits per heavy atom. The van der Waals surface area contributed by atoms with E-state index in [2.05, 4.69) is 15.2 Å². The van der Waals surface area contributed by atoms with Crippen molar-refractivity contribution in [1.82, 2.24) is 4.98 Å². The fraction of sp³-hybridized carbons (Fsp3) is 0.250. The molecule has 1 aliphatic rings. The Bertz CT molecular complexity index is 1120. The van der Waals surface area contributed by atoms with Crippen LogP contribution in [0.5, 0.6) is 5.95 Å². The van der Waals surface area contributed by atoms with Crippen molar-refractivity contribution in [3.63, 3.8) is 0 Å². The summed E-state index contributed by atoms with van der Waals surface area (Å²) in [5, 5.41) is 17.8. The van der Waals surface area contributed by atoms with E-state index in [-0.39, 0.29) is 28.0 Å². The molecule has 4 rings (SSSR count). The minimum atomic E-state index is -4.22. The third kappa shape index (κ3) is 4.13. The Balaban J connectivity index is 1.47. The molecular weight excluding hydrogens is 442 g/mol. The first kappa shape index (κ1) is 21.3. The highest BCUT2D eigenvalue weighted by Gasteiger charge is 2.72. The molecule has 1 atom stereocenters. The molecule has 0 saturated heterocycles. The van der Waals surface area contributed by atoms with Crippen LogP contribution in [0, 0.1) is 0 Å². The lowest BCUT2D eigenvalue weighted by Gasteiger charge is -2.43. The summed E-state index contributed by atoms with van der Waals surface area (Å²) in [4.78, 5) is 4.06. The van der Waals surface area contributed by atoms with Gasteiger partial charge in [0.1, 0.15) is 6.10 Å². The van der Waals surface area contributed by atoms with Gasteiger partial charge in [0.2, 0.25) is 5.89 Å². The third-order valence-corrected chi connectivity index (χ3v) is 5.04. The van der Waals surface area contributed by atoms with Crippen LogP contribution in [0.15, 0.2) is 63.2 Å². The van der Waals surface area contributed by atoms with Gasteiger partial charge in [-0.15, -0.1) is 10.2 Å². The summed E-state index contributed by atoms with van der Waals surface area (Å²) < 4.78 is 62.7. The van der Waals surface area contributed by atoms with Crippen LogP contribution in [-0.2, 0) is 11.3 Å². The van der Waals surface area contributed by atoms with Crippen LogP contribution in [0.3, 0.4) is 0 Å². The van der Waals surface area contributed by atoms with Gasteiger partial charge in [-0.2, -0.15) is 22.5 Å². The van der Waals surface area contributed by atoms with Crippen LogP contribution in [0.4, 0.5) is 29.1 Å². The highest BCUT2D eigenvalue weighted by atomic mass is 35.5. The monoisotopic (exact) mass is 455 g/mol. The Morgan fingerprint density at radius 2 is 1.87 bits per heavy atom. The second kappa shape index (κ2) is 7.93. The molecule has 0 amide bonds. The second-order valence-electron chi connectivity index (χ2n) is 6.82. The van der Waals surface area contributed by atoms with E-state index in [1.165, 1.54) is 18.2 Å². The van der Waals surface area contributed by atoms with E-state index >= 15 is 0 Å². The molecule has 0 bridgehead atoms. The van der Waals surface area contributed by atoms with Crippen LogP contribution in [0.2, 0.25) is 5.02 Å². The first-order chi connectivity index (χ1) is 14.7. The fourth-order valence-electron chi connectivity index (χ4n) is 2.87. The minimum Gasteiger partial charge on any atom is -0.478 e. The molecule has 3 aromatic rings. The minimum absolute atomic E-state index is 0.149. The number of azo groups is 1. The molecule has 0 radical (unpaired) electrons. The van der Waals surface area contributed by atoms with E-state index < -0.39 is 36.9 Å². The highest BCUT2D eigenvalue weighted by molar-refractivity contribution is 6.31. The van der Waals surface area contributed by atoms with Crippen molar-refractivity contribution in [3.05, 3.63) is 59.1 Å². The Hall–Kier alpha value is -2.98. The van der Waals surface area contributed by atoms with Crippen LogP contribution >= 0.6 is 11.6 Å². The van der Waals surface area contributed by atoms with Crippen molar-refractivity contribution < 1.29 is 31.8 Å². The molecular formula is C20H14ClF4N3O3. The third-order valence-electron chi connectivity index (χ3n) is 4.68. The van der Waals surface area contributed by atoms with Crippen molar-refractivity contribution >= 4 is 23.1 Å². The zero-order valence-corrected chi connectivity index (χ0v) is 16.4. The molecule has 6 nitrogen and oxygen atoms in total.